The minimum atomic E-state index is -0.202. The molecule has 112 valence electrons. The second-order valence-corrected chi connectivity index (χ2v) is 6.65. The van der Waals surface area contributed by atoms with Crippen LogP contribution in [0.2, 0.25) is 0 Å². The molecule has 0 bridgehead atoms. The number of nitrogens with one attached hydrogen (secondary N) is 1. The van der Waals surface area contributed by atoms with Crippen molar-refractivity contribution >= 4 is 34.2 Å². The van der Waals surface area contributed by atoms with Crippen molar-refractivity contribution in [3.8, 4) is 0 Å². The van der Waals surface area contributed by atoms with Crippen molar-refractivity contribution in [2.24, 2.45) is 4.99 Å². The van der Waals surface area contributed by atoms with Gasteiger partial charge in [0.1, 0.15) is 0 Å². The van der Waals surface area contributed by atoms with Gasteiger partial charge in [0.25, 0.3) is 0 Å². The van der Waals surface area contributed by atoms with Gasteiger partial charge in [-0.3, -0.25) is 4.79 Å². The first-order valence-electron chi connectivity index (χ1n) is 6.98. The zero-order valence-corrected chi connectivity index (χ0v) is 13.7. The van der Waals surface area contributed by atoms with Crippen LogP contribution in [0.5, 0.6) is 0 Å². The highest BCUT2D eigenvalue weighted by Crippen LogP contribution is 2.35. The van der Waals surface area contributed by atoms with E-state index in [-0.39, 0.29) is 17.2 Å². The predicted molar refractivity (Wildman–Crippen MR) is 90.7 cm³/mol. The maximum Gasteiger partial charge on any atom is 0.233 e. The van der Waals surface area contributed by atoms with Crippen LogP contribution in [0.1, 0.15) is 26.3 Å². The van der Waals surface area contributed by atoms with Crippen molar-refractivity contribution in [1.82, 2.24) is 10.2 Å². The number of hydrogen-bond acceptors (Lipinski definition) is 4. The zero-order valence-electron chi connectivity index (χ0n) is 12.9. The number of aliphatic imine (C=N–C) groups is 1. The summed E-state index contributed by atoms with van der Waals surface area (Å²) in [6, 6.07) is 8.05. The number of rotatable bonds is 3. The molecule has 1 aliphatic heterocycles. The molecule has 1 aromatic carbocycles. The molecule has 1 N–H and O–H groups in total. The summed E-state index contributed by atoms with van der Waals surface area (Å²) in [7, 11) is 1.93. The Morgan fingerprint density at radius 2 is 2.00 bits per heavy atom. The lowest BCUT2D eigenvalue weighted by Crippen LogP contribution is -2.37. The molecule has 0 aromatic heterocycles. The molecule has 0 radical (unpaired) electrons. The van der Waals surface area contributed by atoms with Crippen LogP contribution < -0.4 is 5.32 Å². The summed E-state index contributed by atoms with van der Waals surface area (Å²) in [4.78, 5) is 18.6. The first-order chi connectivity index (χ1) is 9.90. The van der Waals surface area contributed by atoms with Crippen LogP contribution in [0.3, 0.4) is 0 Å². The van der Waals surface area contributed by atoms with Gasteiger partial charge in [-0.2, -0.15) is 0 Å². The van der Waals surface area contributed by atoms with E-state index in [1.807, 2.05) is 57.0 Å². The van der Waals surface area contributed by atoms with E-state index < -0.39 is 0 Å². The van der Waals surface area contributed by atoms with E-state index in [0.717, 1.165) is 22.1 Å². The van der Waals surface area contributed by atoms with Crippen LogP contribution in [0.25, 0.3) is 5.70 Å². The summed E-state index contributed by atoms with van der Waals surface area (Å²) in [5, 5.41) is 3.52. The number of carbonyl (C=O) groups excluding carboxylic acids is 1. The van der Waals surface area contributed by atoms with Crippen LogP contribution in [-0.2, 0) is 4.79 Å². The van der Waals surface area contributed by atoms with Crippen LogP contribution in [0.15, 0.2) is 35.8 Å². The molecular formula is C16H21N3OS. The summed E-state index contributed by atoms with van der Waals surface area (Å²) in [5.41, 5.74) is 2.84. The molecule has 0 aliphatic carbocycles. The molecule has 1 aliphatic rings. The predicted octanol–water partition coefficient (Wildman–Crippen LogP) is 3.24. The Morgan fingerprint density at radius 1 is 1.33 bits per heavy atom. The van der Waals surface area contributed by atoms with Gasteiger partial charge in [-0.1, -0.05) is 36.5 Å². The molecule has 0 fully saturated rings. The number of para-hydroxylation sites is 1. The summed E-state index contributed by atoms with van der Waals surface area (Å²) in [6.07, 6.45) is 0. The third kappa shape index (κ3) is 3.47. The summed E-state index contributed by atoms with van der Waals surface area (Å²) in [5.74, 6) is 0.0237. The standard InChI is InChI=1S/C16H21N3OS/c1-10(2)17-15(20)12(4)21-16-18-14-9-7-6-8-13(14)11(3)19(16)5/h6-10,12H,3H2,1-2,4-5H3,(H,17,20). The maximum absolute atomic E-state index is 12.0. The lowest BCUT2D eigenvalue weighted by molar-refractivity contribution is -0.120. The number of benzene rings is 1. The largest absolute Gasteiger partial charge is 0.353 e. The first-order valence-corrected chi connectivity index (χ1v) is 7.86. The first kappa shape index (κ1) is 15.6. The number of carbonyl (C=O) groups is 1. The number of amidine groups is 1. The average Bonchev–Trinajstić information content (AvgIpc) is 2.43. The Bertz CT molecular complexity index is 595. The van der Waals surface area contributed by atoms with E-state index >= 15 is 0 Å². The van der Waals surface area contributed by atoms with Crippen LogP contribution in [0, 0.1) is 0 Å². The van der Waals surface area contributed by atoms with Crippen molar-refractivity contribution in [3.05, 3.63) is 36.4 Å². The van der Waals surface area contributed by atoms with Gasteiger partial charge in [0.05, 0.1) is 10.9 Å². The van der Waals surface area contributed by atoms with Crippen LogP contribution in [-0.4, -0.2) is 34.3 Å². The molecule has 1 amide bonds. The highest BCUT2D eigenvalue weighted by atomic mass is 32.2. The van der Waals surface area contributed by atoms with Crippen molar-refractivity contribution in [2.75, 3.05) is 7.05 Å². The van der Waals surface area contributed by atoms with Gasteiger partial charge in [-0.05, 0) is 26.8 Å². The third-order valence-electron chi connectivity index (χ3n) is 3.21. The van der Waals surface area contributed by atoms with Crippen molar-refractivity contribution < 1.29 is 4.79 Å². The third-order valence-corrected chi connectivity index (χ3v) is 4.35. The Balaban J connectivity index is 2.19. The fraction of sp³-hybridized carbons (Fsp3) is 0.375. The highest BCUT2D eigenvalue weighted by Gasteiger charge is 2.24. The molecule has 5 heteroatoms. The van der Waals surface area contributed by atoms with Crippen LogP contribution >= 0.6 is 11.8 Å². The normalized spacial score (nSPS) is 15.6. The summed E-state index contributed by atoms with van der Waals surface area (Å²) >= 11 is 1.45. The van der Waals surface area contributed by atoms with E-state index in [1.54, 1.807) is 0 Å². The Labute approximate surface area is 130 Å². The van der Waals surface area contributed by atoms with E-state index in [1.165, 1.54) is 11.8 Å². The van der Waals surface area contributed by atoms with Gasteiger partial charge in [-0.15, -0.1) is 0 Å². The Morgan fingerprint density at radius 3 is 2.67 bits per heavy atom. The fourth-order valence-electron chi connectivity index (χ4n) is 2.01. The lowest BCUT2D eigenvalue weighted by Gasteiger charge is -2.29. The van der Waals surface area contributed by atoms with Gasteiger partial charge in [0, 0.05) is 24.4 Å². The molecule has 0 saturated heterocycles. The second-order valence-electron chi connectivity index (χ2n) is 5.34. The SMILES string of the molecule is C=C1c2ccccc2N=C(SC(C)C(=O)NC(C)C)N1C. The molecule has 2 rings (SSSR count). The minimum absolute atomic E-state index is 0.0237. The summed E-state index contributed by atoms with van der Waals surface area (Å²) in [6.45, 7) is 9.92. The minimum Gasteiger partial charge on any atom is -0.353 e. The smallest absolute Gasteiger partial charge is 0.233 e. The van der Waals surface area contributed by atoms with E-state index in [9.17, 15) is 4.79 Å². The molecule has 1 unspecified atom stereocenters. The van der Waals surface area contributed by atoms with Gasteiger partial charge in [-0.25, -0.2) is 4.99 Å². The lowest BCUT2D eigenvalue weighted by atomic mass is 10.1. The molecule has 1 aromatic rings. The molecule has 1 heterocycles. The number of thioether (sulfide) groups is 1. The topological polar surface area (TPSA) is 44.7 Å². The van der Waals surface area contributed by atoms with E-state index in [0.29, 0.717) is 0 Å². The quantitative estimate of drug-likeness (QED) is 0.932. The Hall–Kier alpha value is -1.75. The zero-order chi connectivity index (χ0) is 15.6. The summed E-state index contributed by atoms with van der Waals surface area (Å²) < 4.78 is 0. The van der Waals surface area contributed by atoms with E-state index in [2.05, 4.69) is 16.9 Å². The molecule has 21 heavy (non-hydrogen) atoms. The number of amides is 1. The van der Waals surface area contributed by atoms with Gasteiger partial charge in [0.15, 0.2) is 5.17 Å². The number of fused-ring (bicyclic) bond motifs is 1. The molecule has 4 nitrogen and oxygen atoms in total. The van der Waals surface area contributed by atoms with Gasteiger partial charge >= 0.3 is 0 Å². The van der Waals surface area contributed by atoms with Crippen molar-refractivity contribution in [1.29, 1.82) is 0 Å². The fourth-order valence-corrected chi connectivity index (χ4v) is 2.92. The second kappa shape index (κ2) is 6.35. The van der Waals surface area contributed by atoms with E-state index in [4.69, 9.17) is 0 Å². The molecule has 0 spiro atoms. The molecule has 1 atom stereocenters. The molecular weight excluding hydrogens is 282 g/mol. The van der Waals surface area contributed by atoms with Gasteiger partial charge < -0.3 is 10.2 Å². The highest BCUT2D eigenvalue weighted by molar-refractivity contribution is 8.14. The van der Waals surface area contributed by atoms with Crippen LogP contribution in [0.4, 0.5) is 5.69 Å². The number of nitrogens with zero attached hydrogens (tertiary/aromatic N) is 2. The van der Waals surface area contributed by atoms with Gasteiger partial charge in [0.2, 0.25) is 5.91 Å². The monoisotopic (exact) mass is 303 g/mol. The number of hydrogen-bond donors (Lipinski definition) is 1. The molecule has 0 saturated carbocycles. The average molecular weight is 303 g/mol. The van der Waals surface area contributed by atoms with Crippen molar-refractivity contribution in [2.45, 2.75) is 32.1 Å². The Kier molecular flexibility index (Phi) is 4.73. The maximum atomic E-state index is 12.0. The van der Waals surface area contributed by atoms with Crippen molar-refractivity contribution in [3.63, 3.8) is 0 Å².